The number of hydrogen-bond acceptors (Lipinski definition) is 1. The average Bonchev–Trinajstić information content (AvgIpc) is 2.01. The zero-order chi connectivity index (χ0) is 10.1. The van der Waals surface area contributed by atoms with Gasteiger partial charge in [-0.05, 0) is 36.7 Å². The number of Topliss-reactive ketones (excluding diaryl/α,β-unsaturated/α-hetero) is 1. The number of rotatable bonds is 1. The van der Waals surface area contributed by atoms with E-state index >= 15 is 0 Å². The summed E-state index contributed by atoms with van der Waals surface area (Å²) in [7, 11) is 0. The van der Waals surface area contributed by atoms with Crippen molar-refractivity contribution in [1.29, 1.82) is 0 Å². The Labute approximate surface area is 79.0 Å². The molecule has 2 heteroatoms. The fourth-order valence-electron chi connectivity index (χ4n) is 1.97. The van der Waals surface area contributed by atoms with E-state index in [9.17, 15) is 9.18 Å². The highest BCUT2D eigenvalue weighted by Gasteiger charge is 2.26. The van der Waals surface area contributed by atoms with Crippen molar-refractivity contribution < 1.29 is 9.18 Å². The number of carbonyl (C=O) groups is 1. The minimum absolute atomic E-state index is 0.167. The van der Waals surface area contributed by atoms with Gasteiger partial charge in [0.2, 0.25) is 0 Å². The van der Waals surface area contributed by atoms with E-state index in [0.29, 0.717) is 0 Å². The summed E-state index contributed by atoms with van der Waals surface area (Å²) in [5, 5.41) is 0. The van der Waals surface area contributed by atoms with Gasteiger partial charge in [-0.2, -0.15) is 0 Å². The highest BCUT2D eigenvalue weighted by molar-refractivity contribution is 5.91. The predicted molar refractivity (Wildman–Crippen MR) is 51.1 cm³/mol. The topological polar surface area (TPSA) is 17.1 Å². The second-order valence-corrected chi connectivity index (χ2v) is 4.67. The van der Waals surface area contributed by atoms with Crippen LogP contribution in [0.25, 0.3) is 0 Å². The molecule has 13 heavy (non-hydrogen) atoms. The van der Waals surface area contributed by atoms with Crippen molar-refractivity contribution in [2.24, 2.45) is 5.41 Å². The Morgan fingerprint density at radius 3 is 2.54 bits per heavy atom. The first kappa shape index (κ1) is 10.4. The lowest BCUT2D eigenvalue weighted by Gasteiger charge is -2.31. The third-order valence-corrected chi connectivity index (χ3v) is 2.64. The third kappa shape index (κ3) is 2.64. The normalized spacial score (nSPS) is 25.5. The van der Waals surface area contributed by atoms with E-state index in [1.54, 1.807) is 0 Å². The Morgan fingerprint density at radius 1 is 1.46 bits per heavy atom. The van der Waals surface area contributed by atoms with Crippen LogP contribution in [0.2, 0.25) is 0 Å². The molecular formula is C11H17FO. The minimum atomic E-state index is -0.493. The Hall–Kier alpha value is -0.660. The van der Waals surface area contributed by atoms with Gasteiger partial charge in [-0.25, -0.2) is 4.39 Å². The van der Waals surface area contributed by atoms with Crippen LogP contribution in [0.1, 0.15) is 46.5 Å². The number of allylic oxidation sites excluding steroid dienone is 2. The molecule has 1 saturated carbocycles. The maximum Gasteiger partial charge on any atom is 0.188 e. The molecule has 0 saturated heterocycles. The van der Waals surface area contributed by atoms with Crippen LogP contribution in [-0.4, -0.2) is 5.78 Å². The molecule has 0 spiro atoms. The van der Waals surface area contributed by atoms with Crippen molar-refractivity contribution in [3.8, 4) is 0 Å². The van der Waals surface area contributed by atoms with E-state index in [1.807, 2.05) is 0 Å². The molecule has 0 aromatic carbocycles. The fraction of sp³-hybridized carbons (Fsp3) is 0.727. The lowest BCUT2D eigenvalue weighted by molar-refractivity contribution is -0.115. The summed E-state index contributed by atoms with van der Waals surface area (Å²) in [5.41, 5.74) is 0.893. The van der Waals surface area contributed by atoms with Crippen molar-refractivity contribution in [2.75, 3.05) is 0 Å². The first-order chi connectivity index (χ1) is 5.92. The van der Waals surface area contributed by atoms with Gasteiger partial charge in [0, 0.05) is 6.92 Å². The van der Waals surface area contributed by atoms with Crippen LogP contribution in [0.5, 0.6) is 0 Å². The van der Waals surface area contributed by atoms with E-state index in [2.05, 4.69) is 13.8 Å². The molecule has 1 nitrogen and oxygen atoms in total. The molecule has 0 N–H and O–H groups in total. The summed E-state index contributed by atoms with van der Waals surface area (Å²) < 4.78 is 13.3. The smallest absolute Gasteiger partial charge is 0.188 e. The maximum absolute atomic E-state index is 13.3. The summed E-state index contributed by atoms with van der Waals surface area (Å²) in [4.78, 5) is 10.8. The Balaban J connectivity index is 2.82. The molecule has 1 fully saturated rings. The van der Waals surface area contributed by atoms with Gasteiger partial charge >= 0.3 is 0 Å². The summed E-state index contributed by atoms with van der Waals surface area (Å²) in [6, 6.07) is 0. The second-order valence-electron chi connectivity index (χ2n) is 4.67. The van der Waals surface area contributed by atoms with Gasteiger partial charge < -0.3 is 0 Å². The van der Waals surface area contributed by atoms with Crippen LogP contribution in [0.15, 0.2) is 11.4 Å². The maximum atomic E-state index is 13.3. The van der Waals surface area contributed by atoms with E-state index < -0.39 is 11.6 Å². The molecule has 0 radical (unpaired) electrons. The zero-order valence-corrected chi connectivity index (χ0v) is 8.61. The summed E-state index contributed by atoms with van der Waals surface area (Å²) >= 11 is 0. The van der Waals surface area contributed by atoms with Crippen LogP contribution in [0.4, 0.5) is 4.39 Å². The molecule has 0 unspecified atom stereocenters. The molecule has 1 aliphatic rings. The van der Waals surface area contributed by atoms with Gasteiger partial charge in [0.1, 0.15) is 0 Å². The van der Waals surface area contributed by atoms with Crippen LogP contribution >= 0.6 is 0 Å². The molecule has 0 heterocycles. The van der Waals surface area contributed by atoms with E-state index in [-0.39, 0.29) is 5.41 Å². The lowest BCUT2D eigenvalue weighted by Crippen LogP contribution is -2.18. The monoisotopic (exact) mass is 184 g/mol. The number of carbonyl (C=O) groups excluding carboxylic acids is 1. The molecule has 0 atom stereocenters. The molecular weight excluding hydrogens is 167 g/mol. The Kier molecular flexibility index (Phi) is 2.89. The number of halogens is 1. The van der Waals surface area contributed by atoms with Gasteiger partial charge in [-0.1, -0.05) is 13.8 Å². The lowest BCUT2D eigenvalue weighted by atomic mass is 9.74. The predicted octanol–water partition coefficient (Wildman–Crippen LogP) is 3.40. The summed E-state index contributed by atoms with van der Waals surface area (Å²) in [6.45, 7) is 5.54. The van der Waals surface area contributed by atoms with Crippen molar-refractivity contribution in [3.63, 3.8) is 0 Å². The van der Waals surface area contributed by atoms with Crippen molar-refractivity contribution in [3.05, 3.63) is 11.4 Å². The van der Waals surface area contributed by atoms with Crippen LogP contribution in [0, 0.1) is 5.41 Å². The largest absolute Gasteiger partial charge is 0.292 e. The van der Waals surface area contributed by atoms with Gasteiger partial charge in [-0.15, -0.1) is 0 Å². The van der Waals surface area contributed by atoms with Crippen molar-refractivity contribution >= 4 is 5.78 Å². The molecule has 1 rings (SSSR count). The quantitative estimate of drug-likeness (QED) is 0.571. The third-order valence-electron chi connectivity index (χ3n) is 2.64. The average molecular weight is 184 g/mol. The Morgan fingerprint density at radius 2 is 2.08 bits per heavy atom. The summed E-state index contributed by atoms with van der Waals surface area (Å²) in [6.07, 6.45) is 3.62. The van der Waals surface area contributed by atoms with Crippen molar-refractivity contribution in [1.82, 2.24) is 0 Å². The second kappa shape index (κ2) is 3.60. The standard InChI is InChI=1S/C11H17FO/c1-8(13)10(12)9-5-4-6-11(2,3)7-9/h4-7H2,1-3H3/b10-9-. The van der Waals surface area contributed by atoms with Gasteiger partial charge in [0.05, 0.1) is 0 Å². The highest BCUT2D eigenvalue weighted by atomic mass is 19.1. The van der Waals surface area contributed by atoms with E-state index in [4.69, 9.17) is 0 Å². The van der Waals surface area contributed by atoms with Gasteiger partial charge in [-0.3, -0.25) is 4.79 Å². The molecule has 0 aromatic heterocycles. The molecule has 1 aliphatic carbocycles. The molecule has 0 bridgehead atoms. The Bertz CT molecular complexity index is 251. The molecule has 0 amide bonds. The molecule has 0 aromatic rings. The van der Waals surface area contributed by atoms with Crippen molar-refractivity contribution in [2.45, 2.75) is 46.5 Å². The molecule has 0 aliphatic heterocycles. The number of ketones is 1. The summed E-state index contributed by atoms with van der Waals surface area (Å²) in [5.74, 6) is -0.916. The van der Waals surface area contributed by atoms with Gasteiger partial charge in [0.25, 0.3) is 0 Å². The van der Waals surface area contributed by atoms with Crippen LogP contribution in [-0.2, 0) is 4.79 Å². The SMILES string of the molecule is CC(=O)/C(F)=C1\CCCC(C)(C)C1. The van der Waals surface area contributed by atoms with Crippen LogP contribution in [0.3, 0.4) is 0 Å². The first-order valence-corrected chi connectivity index (χ1v) is 4.81. The minimum Gasteiger partial charge on any atom is -0.292 e. The first-order valence-electron chi connectivity index (χ1n) is 4.81. The number of hydrogen-bond donors (Lipinski definition) is 0. The van der Waals surface area contributed by atoms with Crippen LogP contribution < -0.4 is 0 Å². The molecule has 74 valence electrons. The van der Waals surface area contributed by atoms with E-state index in [1.165, 1.54) is 6.92 Å². The highest BCUT2D eigenvalue weighted by Crippen LogP contribution is 2.39. The zero-order valence-electron chi connectivity index (χ0n) is 8.61. The fourth-order valence-corrected chi connectivity index (χ4v) is 1.97. The van der Waals surface area contributed by atoms with Gasteiger partial charge in [0.15, 0.2) is 11.6 Å². The van der Waals surface area contributed by atoms with E-state index in [0.717, 1.165) is 31.3 Å².